The summed E-state index contributed by atoms with van der Waals surface area (Å²) < 4.78 is 17.0. The summed E-state index contributed by atoms with van der Waals surface area (Å²) in [5.41, 5.74) is 2.99. The fraction of sp³-hybridized carbons (Fsp3) is 0.273. The van der Waals surface area contributed by atoms with E-state index in [9.17, 15) is 9.90 Å². The van der Waals surface area contributed by atoms with Crippen LogP contribution in [0, 0.1) is 0 Å². The van der Waals surface area contributed by atoms with Gasteiger partial charge in [0.2, 0.25) is 0 Å². The topological polar surface area (TPSA) is 77.9 Å². The van der Waals surface area contributed by atoms with Gasteiger partial charge in [-0.25, -0.2) is 9.78 Å². The number of rotatable bonds is 7. The Morgan fingerprint density at radius 2 is 1.82 bits per heavy atom. The van der Waals surface area contributed by atoms with Crippen LogP contribution in [0.2, 0.25) is 0 Å². The van der Waals surface area contributed by atoms with Crippen molar-refractivity contribution in [1.29, 1.82) is 0 Å². The number of nitrogens with zero attached hydrogens (tertiary/aromatic N) is 1. The average Bonchev–Trinajstić information content (AvgIpc) is 3.10. The number of hydrogen-bond acceptors (Lipinski definition) is 5. The van der Waals surface area contributed by atoms with Gasteiger partial charge in [-0.1, -0.05) is 30.3 Å². The van der Waals surface area contributed by atoms with Crippen molar-refractivity contribution in [2.75, 3.05) is 20.3 Å². The van der Waals surface area contributed by atoms with Gasteiger partial charge >= 0.3 is 5.97 Å². The number of aromatic carboxylic acids is 1. The molecular weight excluding hydrogens is 358 g/mol. The van der Waals surface area contributed by atoms with Crippen LogP contribution in [0.25, 0.3) is 10.9 Å². The lowest BCUT2D eigenvalue weighted by Crippen LogP contribution is -2.17. The molecule has 0 amide bonds. The molecule has 0 saturated heterocycles. The van der Waals surface area contributed by atoms with Gasteiger partial charge in [0.15, 0.2) is 5.69 Å². The maximum Gasteiger partial charge on any atom is 0.354 e. The summed E-state index contributed by atoms with van der Waals surface area (Å²) in [6.07, 6.45) is 1.64. The van der Waals surface area contributed by atoms with Crippen LogP contribution in [-0.2, 0) is 17.6 Å². The van der Waals surface area contributed by atoms with E-state index < -0.39 is 5.97 Å². The zero-order chi connectivity index (χ0) is 19.5. The Bertz CT molecular complexity index is 992. The Kier molecular flexibility index (Phi) is 5.12. The van der Waals surface area contributed by atoms with Gasteiger partial charge in [-0.15, -0.1) is 0 Å². The van der Waals surface area contributed by atoms with E-state index in [4.69, 9.17) is 14.2 Å². The van der Waals surface area contributed by atoms with Gasteiger partial charge in [0.25, 0.3) is 0 Å². The first-order valence-electron chi connectivity index (χ1n) is 9.18. The maximum atomic E-state index is 11.5. The van der Waals surface area contributed by atoms with Crippen molar-refractivity contribution in [2.24, 2.45) is 0 Å². The predicted octanol–water partition coefficient (Wildman–Crippen LogP) is 3.50. The van der Waals surface area contributed by atoms with Crippen molar-refractivity contribution in [2.45, 2.75) is 18.9 Å². The highest BCUT2D eigenvalue weighted by molar-refractivity contribution is 5.95. The molecule has 3 aromatic rings. The van der Waals surface area contributed by atoms with Crippen LogP contribution < -0.4 is 9.47 Å². The molecule has 0 atom stereocenters. The molecule has 6 heteroatoms. The molecule has 0 radical (unpaired) electrons. The number of carboxylic acid groups (broad SMARTS) is 1. The van der Waals surface area contributed by atoms with Gasteiger partial charge in [0, 0.05) is 31.4 Å². The summed E-state index contributed by atoms with van der Waals surface area (Å²) in [4.78, 5) is 15.9. The third-order valence-corrected chi connectivity index (χ3v) is 4.84. The molecule has 1 aliphatic rings. The van der Waals surface area contributed by atoms with E-state index in [0.29, 0.717) is 35.6 Å². The maximum absolute atomic E-state index is 11.5. The van der Waals surface area contributed by atoms with E-state index in [0.717, 1.165) is 12.8 Å². The number of aromatic nitrogens is 1. The number of hydrogen-bond donors (Lipinski definition) is 1. The molecule has 4 rings (SSSR count). The number of carbonyl (C=O) groups is 1. The van der Waals surface area contributed by atoms with Crippen LogP contribution in [0.3, 0.4) is 0 Å². The fourth-order valence-corrected chi connectivity index (χ4v) is 3.53. The van der Waals surface area contributed by atoms with Crippen LogP contribution in [0.4, 0.5) is 0 Å². The number of para-hydroxylation sites is 1. The number of benzene rings is 2. The molecule has 2 aromatic carbocycles. The third-order valence-electron chi connectivity index (χ3n) is 4.84. The van der Waals surface area contributed by atoms with Crippen LogP contribution in [-0.4, -0.2) is 42.5 Å². The predicted molar refractivity (Wildman–Crippen MR) is 104 cm³/mol. The lowest BCUT2D eigenvalue weighted by atomic mass is 10.1. The first-order chi connectivity index (χ1) is 13.7. The lowest BCUT2D eigenvalue weighted by molar-refractivity contribution is 0.0690. The van der Waals surface area contributed by atoms with Crippen LogP contribution >= 0.6 is 0 Å². The molecule has 0 saturated carbocycles. The molecular formula is C22H21NO5. The standard InChI is InChI=1S/C22H21NO5/c1-26-9-10-27-20-13-18(22(24)25)23-21-17(20)7-4-8-19(21)28-16-11-14-5-2-3-6-15(14)12-16/h2-8,13,16H,9-12H2,1H3,(H,24,25). The van der Waals surface area contributed by atoms with Crippen molar-refractivity contribution in [3.05, 3.63) is 65.4 Å². The summed E-state index contributed by atoms with van der Waals surface area (Å²) in [7, 11) is 1.59. The smallest absolute Gasteiger partial charge is 0.354 e. The first kappa shape index (κ1) is 18.3. The summed E-state index contributed by atoms with van der Waals surface area (Å²) in [5, 5.41) is 10.2. The van der Waals surface area contributed by atoms with Gasteiger partial charge in [-0.3, -0.25) is 0 Å². The van der Waals surface area contributed by atoms with E-state index in [-0.39, 0.29) is 11.8 Å². The number of methoxy groups -OCH3 is 1. The summed E-state index contributed by atoms with van der Waals surface area (Å²) in [6, 6.07) is 15.3. The second-order valence-electron chi connectivity index (χ2n) is 6.72. The molecule has 0 bridgehead atoms. The number of carboxylic acids is 1. The Labute approximate surface area is 162 Å². The second kappa shape index (κ2) is 7.86. The molecule has 28 heavy (non-hydrogen) atoms. The highest BCUT2D eigenvalue weighted by atomic mass is 16.5. The average molecular weight is 379 g/mol. The fourth-order valence-electron chi connectivity index (χ4n) is 3.53. The zero-order valence-corrected chi connectivity index (χ0v) is 15.6. The number of pyridine rings is 1. The minimum atomic E-state index is -1.11. The molecule has 0 aliphatic heterocycles. The number of fused-ring (bicyclic) bond motifs is 2. The van der Waals surface area contributed by atoms with Gasteiger partial charge in [-0.05, 0) is 23.3 Å². The molecule has 0 spiro atoms. The molecule has 1 aliphatic carbocycles. The second-order valence-corrected chi connectivity index (χ2v) is 6.72. The first-order valence-corrected chi connectivity index (χ1v) is 9.18. The molecule has 0 unspecified atom stereocenters. The molecule has 1 N–H and O–H groups in total. The SMILES string of the molecule is COCCOc1cc(C(=O)O)nc2c(OC3Cc4ccccc4C3)cccc12. The Balaban J connectivity index is 1.68. The quantitative estimate of drug-likeness (QED) is 0.633. The Morgan fingerprint density at radius 3 is 2.50 bits per heavy atom. The van der Waals surface area contributed by atoms with Crippen LogP contribution in [0.5, 0.6) is 11.5 Å². The molecule has 1 aromatic heterocycles. The minimum absolute atomic E-state index is 0.00357. The minimum Gasteiger partial charge on any atom is -0.490 e. The van der Waals surface area contributed by atoms with Gasteiger partial charge < -0.3 is 19.3 Å². The monoisotopic (exact) mass is 379 g/mol. The zero-order valence-electron chi connectivity index (χ0n) is 15.6. The summed E-state index contributed by atoms with van der Waals surface area (Å²) >= 11 is 0. The van der Waals surface area contributed by atoms with Gasteiger partial charge in [-0.2, -0.15) is 0 Å². The van der Waals surface area contributed by atoms with Crippen molar-refractivity contribution in [3.63, 3.8) is 0 Å². The molecule has 144 valence electrons. The molecule has 6 nitrogen and oxygen atoms in total. The van der Waals surface area contributed by atoms with Crippen molar-refractivity contribution < 1.29 is 24.1 Å². The highest BCUT2D eigenvalue weighted by Crippen LogP contribution is 2.34. The normalized spacial score (nSPS) is 13.5. The summed E-state index contributed by atoms with van der Waals surface area (Å²) in [6.45, 7) is 0.723. The van der Waals surface area contributed by atoms with E-state index in [1.165, 1.54) is 17.2 Å². The molecule has 0 fully saturated rings. The highest BCUT2D eigenvalue weighted by Gasteiger charge is 2.24. The van der Waals surface area contributed by atoms with Crippen LogP contribution in [0.15, 0.2) is 48.5 Å². The van der Waals surface area contributed by atoms with Crippen molar-refractivity contribution in [1.82, 2.24) is 4.98 Å². The lowest BCUT2D eigenvalue weighted by Gasteiger charge is -2.16. The number of ether oxygens (including phenoxy) is 3. The Morgan fingerprint density at radius 1 is 1.07 bits per heavy atom. The van der Waals surface area contributed by atoms with Crippen molar-refractivity contribution in [3.8, 4) is 11.5 Å². The van der Waals surface area contributed by atoms with E-state index >= 15 is 0 Å². The van der Waals surface area contributed by atoms with E-state index in [1.807, 2.05) is 30.3 Å². The van der Waals surface area contributed by atoms with Gasteiger partial charge in [0.05, 0.1) is 6.61 Å². The van der Waals surface area contributed by atoms with Crippen LogP contribution in [0.1, 0.15) is 21.6 Å². The van der Waals surface area contributed by atoms with Gasteiger partial charge in [0.1, 0.15) is 29.7 Å². The largest absolute Gasteiger partial charge is 0.490 e. The van der Waals surface area contributed by atoms with Crippen molar-refractivity contribution >= 4 is 16.9 Å². The van der Waals surface area contributed by atoms with E-state index in [2.05, 4.69) is 17.1 Å². The summed E-state index contributed by atoms with van der Waals surface area (Å²) in [5.74, 6) is -0.0869. The van der Waals surface area contributed by atoms with E-state index in [1.54, 1.807) is 7.11 Å². The third kappa shape index (κ3) is 3.64. The Hall–Kier alpha value is -3.12. The molecule has 1 heterocycles.